The van der Waals surface area contributed by atoms with Crippen molar-refractivity contribution >= 4 is 27.3 Å². The van der Waals surface area contributed by atoms with Gasteiger partial charge < -0.3 is 0 Å². The zero-order chi connectivity index (χ0) is 9.10. The van der Waals surface area contributed by atoms with E-state index in [1.807, 2.05) is 0 Å². The summed E-state index contributed by atoms with van der Waals surface area (Å²) < 4.78 is 0. The molecule has 66 valence electrons. The van der Waals surface area contributed by atoms with Crippen molar-refractivity contribution < 1.29 is 0 Å². The Labute approximate surface area is 90.4 Å². The molecule has 0 bridgehead atoms. The van der Waals surface area contributed by atoms with Crippen LogP contribution >= 0.6 is 27.3 Å². The quantitative estimate of drug-likeness (QED) is 0.699. The molecule has 0 spiro atoms. The van der Waals surface area contributed by atoms with Gasteiger partial charge in [-0.25, -0.2) is 0 Å². The number of alkyl halides is 1. The molecule has 1 aromatic carbocycles. The van der Waals surface area contributed by atoms with Gasteiger partial charge in [-0.15, -0.1) is 0 Å². The highest BCUT2D eigenvalue weighted by Crippen LogP contribution is 2.23. The molecule has 0 amide bonds. The topological polar surface area (TPSA) is 0 Å². The van der Waals surface area contributed by atoms with Crippen LogP contribution in [0, 0.1) is 0 Å². The number of hydrogen-bond donors (Lipinski definition) is 0. The van der Waals surface area contributed by atoms with Crippen molar-refractivity contribution in [3.8, 4) is 11.1 Å². The predicted molar refractivity (Wildman–Crippen MR) is 62.4 cm³/mol. The molecule has 0 saturated carbocycles. The van der Waals surface area contributed by atoms with E-state index in [4.69, 9.17) is 0 Å². The minimum Gasteiger partial charge on any atom is -0.152 e. The lowest BCUT2D eigenvalue weighted by atomic mass is 10.1. The molecule has 13 heavy (non-hydrogen) atoms. The molecule has 2 rings (SSSR count). The Morgan fingerprint density at radius 1 is 1.15 bits per heavy atom. The van der Waals surface area contributed by atoms with Gasteiger partial charge in [-0.2, -0.15) is 11.3 Å². The average molecular weight is 253 g/mol. The van der Waals surface area contributed by atoms with Crippen molar-refractivity contribution in [1.82, 2.24) is 0 Å². The summed E-state index contributed by atoms with van der Waals surface area (Å²) in [6.45, 7) is 0. The van der Waals surface area contributed by atoms with E-state index in [1.54, 1.807) is 11.3 Å². The van der Waals surface area contributed by atoms with Crippen LogP contribution in [0.2, 0.25) is 0 Å². The fraction of sp³-hybridized carbons (Fsp3) is 0.0909. The van der Waals surface area contributed by atoms with Gasteiger partial charge in [0.15, 0.2) is 0 Å². The van der Waals surface area contributed by atoms with Gasteiger partial charge in [-0.3, -0.25) is 0 Å². The van der Waals surface area contributed by atoms with Gasteiger partial charge in [-0.1, -0.05) is 40.2 Å². The Bertz CT molecular complexity index is 379. The monoisotopic (exact) mass is 252 g/mol. The van der Waals surface area contributed by atoms with Crippen LogP contribution in [0.4, 0.5) is 0 Å². The Morgan fingerprint density at radius 3 is 2.77 bits per heavy atom. The maximum atomic E-state index is 3.46. The Balaban J connectivity index is 2.41. The van der Waals surface area contributed by atoms with E-state index in [1.165, 1.54) is 16.7 Å². The van der Waals surface area contributed by atoms with Crippen LogP contribution in [0.1, 0.15) is 5.56 Å². The van der Waals surface area contributed by atoms with Crippen molar-refractivity contribution in [3.05, 3.63) is 46.7 Å². The fourth-order valence-corrected chi connectivity index (χ4v) is 2.28. The van der Waals surface area contributed by atoms with Crippen molar-refractivity contribution in [3.63, 3.8) is 0 Å². The van der Waals surface area contributed by atoms with Gasteiger partial charge >= 0.3 is 0 Å². The minimum atomic E-state index is 0.922. The van der Waals surface area contributed by atoms with E-state index >= 15 is 0 Å². The third-order valence-electron chi connectivity index (χ3n) is 1.94. The van der Waals surface area contributed by atoms with Crippen molar-refractivity contribution in [2.45, 2.75) is 5.33 Å². The Kier molecular flexibility index (Phi) is 2.81. The summed E-state index contributed by atoms with van der Waals surface area (Å²) in [6, 6.07) is 10.7. The molecule has 0 N–H and O–H groups in total. The maximum Gasteiger partial charge on any atom is 0.0283 e. The van der Waals surface area contributed by atoms with Gasteiger partial charge in [0.2, 0.25) is 0 Å². The summed E-state index contributed by atoms with van der Waals surface area (Å²) in [5, 5.41) is 5.20. The summed E-state index contributed by atoms with van der Waals surface area (Å²) in [5.74, 6) is 0. The van der Waals surface area contributed by atoms with Gasteiger partial charge in [0.05, 0.1) is 0 Å². The molecule has 0 atom stereocenters. The lowest BCUT2D eigenvalue weighted by molar-refractivity contribution is 1.44. The van der Waals surface area contributed by atoms with E-state index in [9.17, 15) is 0 Å². The van der Waals surface area contributed by atoms with Crippen LogP contribution in [0.25, 0.3) is 11.1 Å². The fourth-order valence-electron chi connectivity index (χ4n) is 1.26. The largest absolute Gasteiger partial charge is 0.152 e. The normalized spacial score (nSPS) is 10.2. The summed E-state index contributed by atoms with van der Waals surface area (Å²) in [5.41, 5.74) is 3.94. The molecule has 0 fully saturated rings. The highest BCUT2D eigenvalue weighted by Gasteiger charge is 1.97. The lowest BCUT2D eigenvalue weighted by Crippen LogP contribution is -1.78. The summed E-state index contributed by atoms with van der Waals surface area (Å²) in [4.78, 5) is 0. The Hall–Kier alpha value is -0.600. The molecular weight excluding hydrogens is 244 g/mol. The molecule has 0 unspecified atom stereocenters. The third kappa shape index (κ3) is 2.01. The van der Waals surface area contributed by atoms with Crippen molar-refractivity contribution in [2.24, 2.45) is 0 Å². The van der Waals surface area contributed by atoms with Gasteiger partial charge in [-0.05, 0) is 33.5 Å². The zero-order valence-electron chi connectivity index (χ0n) is 7.03. The smallest absolute Gasteiger partial charge is 0.0283 e. The summed E-state index contributed by atoms with van der Waals surface area (Å²) >= 11 is 5.19. The number of halogens is 1. The minimum absolute atomic E-state index is 0.922. The van der Waals surface area contributed by atoms with Crippen LogP contribution in [-0.4, -0.2) is 0 Å². The first-order chi connectivity index (χ1) is 6.40. The molecule has 0 aliphatic rings. The first-order valence-electron chi connectivity index (χ1n) is 4.07. The van der Waals surface area contributed by atoms with Crippen LogP contribution in [0.3, 0.4) is 0 Å². The molecule has 0 saturated heterocycles. The summed E-state index contributed by atoms with van der Waals surface area (Å²) in [6.07, 6.45) is 0. The maximum absolute atomic E-state index is 3.46. The number of thiophene rings is 1. The number of benzene rings is 1. The Morgan fingerprint density at radius 2 is 2.08 bits per heavy atom. The van der Waals surface area contributed by atoms with Crippen LogP contribution < -0.4 is 0 Å². The third-order valence-corrected chi connectivity index (χ3v) is 3.27. The first-order valence-corrected chi connectivity index (χ1v) is 6.14. The number of hydrogen-bond acceptors (Lipinski definition) is 1. The SMILES string of the molecule is BrCc1cccc(-c2ccsc2)c1. The average Bonchev–Trinajstić information content (AvgIpc) is 2.71. The molecule has 0 nitrogen and oxygen atoms in total. The van der Waals surface area contributed by atoms with Crippen molar-refractivity contribution in [2.75, 3.05) is 0 Å². The van der Waals surface area contributed by atoms with E-state index in [0.29, 0.717) is 0 Å². The molecule has 0 aliphatic carbocycles. The molecule has 2 heteroatoms. The molecule has 1 heterocycles. The number of rotatable bonds is 2. The van der Waals surface area contributed by atoms with E-state index in [2.05, 4.69) is 57.0 Å². The van der Waals surface area contributed by atoms with Crippen LogP contribution in [0.5, 0.6) is 0 Å². The molecular formula is C11H9BrS. The molecule has 1 aromatic heterocycles. The van der Waals surface area contributed by atoms with E-state index in [-0.39, 0.29) is 0 Å². The highest BCUT2D eigenvalue weighted by molar-refractivity contribution is 9.08. The van der Waals surface area contributed by atoms with E-state index < -0.39 is 0 Å². The van der Waals surface area contributed by atoms with Crippen LogP contribution in [-0.2, 0) is 5.33 Å². The predicted octanol–water partition coefficient (Wildman–Crippen LogP) is 4.31. The second-order valence-corrected chi connectivity index (χ2v) is 4.19. The lowest BCUT2D eigenvalue weighted by Gasteiger charge is -1.99. The van der Waals surface area contributed by atoms with Gasteiger partial charge in [0, 0.05) is 5.33 Å². The second-order valence-electron chi connectivity index (χ2n) is 2.85. The standard InChI is InChI=1S/C11H9BrS/c12-7-9-2-1-3-10(6-9)11-4-5-13-8-11/h1-6,8H,7H2. The molecule has 0 radical (unpaired) electrons. The molecule has 0 aliphatic heterocycles. The van der Waals surface area contributed by atoms with Gasteiger partial charge in [0.1, 0.15) is 0 Å². The zero-order valence-corrected chi connectivity index (χ0v) is 9.44. The molecule has 2 aromatic rings. The van der Waals surface area contributed by atoms with Crippen molar-refractivity contribution in [1.29, 1.82) is 0 Å². The highest BCUT2D eigenvalue weighted by atomic mass is 79.9. The summed E-state index contributed by atoms with van der Waals surface area (Å²) in [7, 11) is 0. The van der Waals surface area contributed by atoms with Crippen LogP contribution in [0.15, 0.2) is 41.1 Å². The van der Waals surface area contributed by atoms with E-state index in [0.717, 1.165) is 5.33 Å². The van der Waals surface area contributed by atoms with Gasteiger partial charge in [0.25, 0.3) is 0 Å². The first kappa shape index (κ1) is 8.97. The second kappa shape index (κ2) is 4.07.